The van der Waals surface area contributed by atoms with Gasteiger partial charge in [0.15, 0.2) is 12.4 Å². The summed E-state index contributed by atoms with van der Waals surface area (Å²) in [6.07, 6.45) is -5.33. The fourth-order valence-electron chi connectivity index (χ4n) is 3.65. The van der Waals surface area contributed by atoms with Crippen LogP contribution in [0.3, 0.4) is 0 Å². The Morgan fingerprint density at radius 2 is 1.73 bits per heavy atom. The first-order valence-electron chi connectivity index (χ1n) is 10.6. The summed E-state index contributed by atoms with van der Waals surface area (Å²) < 4.78 is 10.8. The Kier molecular flexibility index (Phi) is 8.48. The summed E-state index contributed by atoms with van der Waals surface area (Å²) in [5.74, 6) is -2.52. The summed E-state index contributed by atoms with van der Waals surface area (Å²) in [6, 6.07) is 12.5. The number of hydrogen-bond donors (Lipinski definition) is 4. The average Bonchev–Trinajstić information content (AvgIpc) is 2.83. The third-order valence-corrected chi connectivity index (χ3v) is 5.56. The number of benzene rings is 1. The Balaban J connectivity index is 1.78. The van der Waals surface area contributed by atoms with Crippen molar-refractivity contribution >= 4 is 11.9 Å². The van der Waals surface area contributed by atoms with Gasteiger partial charge in [0.1, 0.15) is 18.3 Å². The third kappa shape index (κ3) is 5.92. The number of nitrogens with zero attached hydrogens (tertiary/aromatic N) is 2. The maximum Gasteiger partial charge on any atom is 0.335 e. The number of hydrogen-bond acceptors (Lipinski definition) is 8. The van der Waals surface area contributed by atoms with E-state index in [1.807, 2.05) is 25.1 Å². The monoisotopic (exact) mass is 460 g/mol. The zero-order valence-electron chi connectivity index (χ0n) is 18.1. The predicted octanol–water partition coefficient (Wildman–Crippen LogP) is 0.123. The average molecular weight is 460 g/mol. The minimum atomic E-state index is -1.82. The minimum absolute atomic E-state index is 0.235. The van der Waals surface area contributed by atoms with Gasteiger partial charge in [-0.15, -0.1) is 0 Å². The van der Waals surface area contributed by atoms with E-state index in [4.69, 9.17) is 9.47 Å². The molecule has 10 nitrogen and oxygen atoms in total. The molecule has 0 spiro atoms. The van der Waals surface area contributed by atoms with Gasteiger partial charge in [0.25, 0.3) is 0 Å². The van der Waals surface area contributed by atoms with E-state index in [2.05, 4.69) is 4.98 Å². The van der Waals surface area contributed by atoms with Gasteiger partial charge in [-0.05, 0) is 30.2 Å². The predicted molar refractivity (Wildman–Crippen MR) is 115 cm³/mol. The van der Waals surface area contributed by atoms with Crippen molar-refractivity contribution in [1.29, 1.82) is 0 Å². The molecule has 1 fully saturated rings. The van der Waals surface area contributed by atoms with E-state index in [0.717, 1.165) is 5.56 Å². The molecule has 1 amide bonds. The molecule has 0 aliphatic carbocycles. The lowest BCUT2D eigenvalue weighted by Crippen LogP contribution is -2.60. The van der Waals surface area contributed by atoms with Crippen molar-refractivity contribution < 1.29 is 39.5 Å². The largest absolute Gasteiger partial charge is 0.479 e. The lowest BCUT2D eigenvalue weighted by Gasteiger charge is -2.39. The molecule has 2 heterocycles. The minimum Gasteiger partial charge on any atom is -0.479 e. The van der Waals surface area contributed by atoms with Crippen molar-refractivity contribution in [3.8, 4) is 0 Å². The number of aliphatic carboxylic acids is 1. The van der Waals surface area contributed by atoms with E-state index >= 15 is 0 Å². The Bertz CT molecular complexity index is 913. The second kappa shape index (κ2) is 11.3. The van der Waals surface area contributed by atoms with E-state index in [1.165, 1.54) is 0 Å². The Morgan fingerprint density at radius 1 is 1.06 bits per heavy atom. The normalized spacial score (nSPS) is 25.9. The fraction of sp³-hybridized carbons (Fsp3) is 0.435. The van der Waals surface area contributed by atoms with Gasteiger partial charge in [-0.25, -0.2) is 4.79 Å². The molecule has 1 saturated heterocycles. The Labute approximate surface area is 191 Å². The Morgan fingerprint density at radius 3 is 2.33 bits per heavy atom. The molecule has 1 aromatic heterocycles. The van der Waals surface area contributed by atoms with Crippen molar-refractivity contribution in [3.63, 3.8) is 0 Å². The number of pyridine rings is 1. The SMILES string of the molecule is CCN(Cc1ccncc1)C(=O)C(CO[C@@H]1O[C@H](C(=O)O)[C@@H](O)[C@H](O)[C@H]1O)c1ccccc1. The molecule has 0 bridgehead atoms. The third-order valence-electron chi connectivity index (χ3n) is 5.56. The molecule has 0 saturated carbocycles. The lowest BCUT2D eigenvalue weighted by molar-refractivity contribution is -0.294. The number of carbonyl (C=O) groups excluding carboxylic acids is 1. The van der Waals surface area contributed by atoms with E-state index < -0.39 is 42.6 Å². The molecule has 6 atom stereocenters. The van der Waals surface area contributed by atoms with Gasteiger partial charge in [-0.2, -0.15) is 0 Å². The quantitative estimate of drug-likeness (QED) is 0.409. The fourth-order valence-corrected chi connectivity index (χ4v) is 3.65. The van der Waals surface area contributed by atoms with Crippen molar-refractivity contribution in [1.82, 2.24) is 9.88 Å². The smallest absolute Gasteiger partial charge is 0.335 e. The summed E-state index contributed by atoms with van der Waals surface area (Å²) in [4.78, 5) is 30.4. The van der Waals surface area contributed by atoms with Crippen LogP contribution < -0.4 is 0 Å². The number of aliphatic hydroxyl groups is 3. The second-order valence-electron chi connectivity index (χ2n) is 7.74. The molecular weight excluding hydrogens is 432 g/mol. The van der Waals surface area contributed by atoms with Crippen LogP contribution in [0.1, 0.15) is 24.0 Å². The van der Waals surface area contributed by atoms with Crippen molar-refractivity contribution in [2.75, 3.05) is 13.2 Å². The van der Waals surface area contributed by atoms with Crippen LogP contribution >= 0.6 is 0 Å². The van der Waals surface area contributed by atoms with E-state index in [0.29, 0.717) is 18.7 Å². The molecule has 4 N–H and O–H groups in total. The number of likely N-dealkylation sites (N-methyl/N-ethyl adjacent to an activating group) is 1. The van der Waals surface area contributed by atoms with Gasteiger partial charge in [0.05, 0.1) is 12.5 Å². The number of carboxylic acid groups (broad SMARTS) is 1. The number of aliphatic hydroxyl groups excluding tert-OH is 3. The zero-order valence-corrected chi connectivity index (χ0v) is 18.1. The molecule has 2 aromatic rings. The zero-order chi connectivity index (χ0) is 24.0. The highest BCUT2D eigenvalue weighted by Gasteiger charge is 2.47. The number of carboxylic acids is 1. The maximum absolute atomic E-state index is 13.5. The highest BCUT2D eigenvalue weighted by molar-refractivity contribution is 5.84. The molecule has 10 heteroatoms. The first-order chi connectivity index (χ1) is 15.8. The highest BCUT2D eigenvalue weighted by Crippen LogP contribution is 2.26. The van der Waals surface area contributed by atoms with Crippen molar-refractivity contribution in [3.05, 3.63) is 66.0 Å². The number of carbonyl (C=O) groups is 2. The number of ether oxygens (including phenoxy) is 2. The van der Waals surface area contributed by atoms with Crippen LogP contribution in [0.2, 0.25) is 0 Å². The molecule has 1 aliphatic heterocycles. The molecule has 1 unspecified atom stereocenters. The van der Waals surface area contributed by atoms with Gasteiger partial charge in [0, 0.05) is 25.5 Å². The standard InChI is InChI=1S/C23H28N2O8/c1-2-25(12-14-8-10-24-11-9-14)21(29)16(15-6-4-3-5-7-15)13-32-23-19(28)17(26)18(27)20(33-23)22(30)31/h3-11,16-20,23,26-28H,2,12-13H2,1H3,(H,30,31)/t16?,17-,18-,19+,20-,23+/m0/s1. The van der Waals surface area contributed by atoms with Crippen LogP contribution in [-0.4, -0.2) is 86.0 Å². The molecule has 3 rings (SSSR count). The van der Waals surface area contributed by atoms with Crippen molar-refractivity contribution in [2.24, 2.45) is 0 Å². The highest BCUT2D eigenvalue weighted by atomic mass is 16.7. The summed E-state index contributed by atoms with van der Waals surface area (Å²) in [6.45, 7) is 2.40. The molecule has 1 aliphatic rings. The van der Waals surface area contributed by atoms with Gasteiger partial charge >= 0.3 is 5.97 Å². The van der Waals surface area contributed by atoms with E-state index in [9.17, 15) is 30.0 Å². The molecule has 1 aromatic carbocycles. The first-order valence-corrected chi connectivity index (χ1v) is 10.6. The van der Waals surface area contributed by atoms with Crippen molar-refractivity contribution in [2.45, 2.75) is 50.1 Å². The van der Waals surface area contributed by atoms with E-state index in [-0.39, 0.29) is 12.5 Å². The van der Waals surface area contributed by atoms with Gasteiger partial charge < -0.3 is 34.8 Å². The molecule has 0 radical (unpaired) electrons. The summed E-state index contributed by atoms with van der Waals surface area (Å²) in [5, 5.41) is 39.3. The van der Waals surface area contributed by atoms with Crippen LogP contribution in [0.5, 0.6) is 0 Å². The van der Waals surface area contributed by atoms with E-state index in [1.54, 1.807) is 41.6 Å². The maximum atomic E-state index is 13.5. The first kappa shape index (κ1) is 24.7. The summed E-state index contributed by atoms with van der Waals surface area (Å²) >= 11 is 0. The van der Waals surface area contributed by atoms with Gasteiger partial charge in [0.2, 0.25) is 5.91 Å². The lowest BCUT2D eigenvalue weighted by atomic mass is 9.97. The van der Waals surface area contributed by atoms with Gasteiger partial charge in [-0.1, -0.05) is 30.3 Å². The topological polar surface area (TPSA) is 150 Å². The van der Waals surface area contributed by atoms with Crippen LogP contribution in [0, 0.1) is 0 Å². The summed E-state index contributed by atoms with van der Waals surface area (Å²) in [7, 11) is 0. The number of rotatable bonds is 9. The van der Waals surface area contributed by atoms with Crippen LogP contribution in [0.15, 0.2) is 54.9 Å². The van der Waals surface area contributed by atoms with Crippen LogP contribution in [0.25, 0.3) is 0 Å². The summed E-state index contributed by atoms with van der Waals surface area (Å²) in [5.41, 5.74) is 1.57. The van der Waals surface area contributed by atoms with Crippen LogP contribution in [0.4, 0.5) is 0 Å². The molecular formula is C23H28N2O8. The number of amides is 1. The Hall–Kier alpha value is -2.89. The molecule has 33 heavy (non-hydrogen) atoms. The second-order valence-corrected chi connectivity index (χ2v) is 7.74. The number of aromatic nitrogens is 1. The molecule has 178 valence electrons. The van der Waals surface area contributed by atoms with Gasteiger partial charge in [-0.3, -0.25) is 9.78 Å². The van der Waals surface area contributed by atoms with Crippen LogP contribution in [-0.2, 0) is 25.6 Å².